The second-order valence-electron chi connectivity index (χ2n) is 6.50. The van der Waals surface area contributed by atoms with Crippen molar-refractivity contribution in [2.45, 2.75) is 25.0 Å². The molecule has 0 bridgehead atoms. The number of anilines is 1. The third-order valence-corrected chi connectivity index (χ3v) is 4.79. The van der Waals surface area contributed by atoms with Crippen molar-refractivity contribution in [1.82, 2.24) is 14.7 Å². The minimum Gasteiger partial charge on any atom is -0.367 e. The molecule has 1 aromatic carbocycles. The lowest BCUT2D eigenvalue weighted by Gasteiger charge is -2.32. The Labute approximate surface area is 154 Å². The highest BCUT2D eigenvalue weighted by Gasteiger charge is 2.25. The van der Waals surface area contributed by atoms with Gasteiger partial charge in [-0.3, -0.25) is 9.69 Å². The zero-order chi connectivity index (χ0) is 18.4. The topological polar surface area (TPSA) is 59.4 Å². The number of carbonyl (C=O) groups is 1. The Bertz CT molecular complexity index is 720. The van der Waals surface area contributed by atoms with Crippen LogP contribution in [0.4, 0.5) is 5.82 Å². The van der Waals surface area contributed by atoms with Gasteiger partial charge in [-0.15, -0.1) is 6.58 Å². The number of nitrogens with zero attached hydrogens (tertiary/aromatic N) is 3. The highest BCUT2D eigenvalue weighted by Crippen LogP contribution is 2.26. The minimum atomic E-state index is -0.644. The van der Waals surface area contributed by atoms with E-state index in [-0.39, 0.29) is 5.91 Å². The number of amides is 1. The molecule has 1 aliphatic heterocycles. The van der Waals surface area contributed by atoms with Crippen LogP contribution in [0.15, 0.2) is 55.3 Å². The molecular formula is C20H26N4O2. The molecule has 1 N–H and O–H groups in total. The average Bonchev–Trinajstić information content (AvgIpc) is 3.12. The first-order valence-electron chi connectivity index (χ1n) is 8.98. The Hall–Kier alpha value is -2.44. The van der Waals surface area contributed by atoms with Crippen LogP contribution in [0, 0.1) is 0 Å². The lowest BCUT2D eigenvalue weighted by molar-refractivity contribution is -0.126. The summed E-state index contributed by atoms with van der Waals surface area (Å²) in [6, 6.07) is 11.6. The predicted molar refractivity (Wildman–Crippen MR) is 102 cm³/mol. The van der Waals surface area contributed by atoms with Gasteiger partial charge in [-0.2, -0.15) is 5.10 Å². The van der Waals surface area contributed by atoms with Crippen LogP contribution in [0.3, 0.4) is 0 Å². The summed E-state index contributed by atoms with van der Waals surface area (Å²) in [4.78, 5) is 15.1. The van der Waals surface area contributed by atoms with E-state index in [1.807, 2.05) is 47.2 Å². The van der Waals surface area contributed by atoms with Gasteiger partial charge in [0.15, 0.2) is 6.10 Å². The molecular weight excluding hydrogens is 328 g/mol. The van der Waals surface area contributed by atoms with Crippen LogP contribution in [0.25, 0.3) is 0 Å². The lowest BCUT2D eigenvalue weighted by atomic mass is 10.1. The van der Waals surface area contributed by atoms with E-state index < -0.39 is 6.10 Å². The first-order valence-corrected chi connectivity index (χ1v) is 8.98. The zero-order valence-corrected chi connectivity index (χ0v) is 15.2. The molecule has 1 aliphatic rings. The molecule has 6 nitrogen and oxygen atoms in total. The molecule has 1 amide bonds. The molecule has 2 aromatic rings. The quantitative estimate of drug-likeness (QED) is 0.777. The Morgan fingerprint density at radius 2 is 2.08 bits per heavy atom. The summed E-state index contributed by atoms with van der Waals surface area (Å²) in [7, 11) is 1.55. The zero-order valence-electron chi connectivity index (χ0n) is 15.2. The molecule has 1 aromatic heterocycles. The summed E-state index contributed by atoms with van der Waals surface area (Å²) in [5.74, 6) is 0.527. The third kappa shape index (κ3) is 4.20. The third-order valence-electron chi connectivity index (χ3n) is 4.79. The SMILES string of the molecule is C=CCN1CCC(n2nccc2NC(=O)[C@H](OC)c2ccccc2)CC1. The molecule has 0 saturated carbocycles. The molecule has 6 heteroatoms. The molecule has 0 unspecified atom stereocenters. The second kappa shape index (κ2) is 8.78. The number of methoxy groups -OCH3 is 1. The summed E-state index contributed by atoms with van der Waals surface area (Å²) in [6.45, 7) is 6.74. The Balaban J connectivity index is 1.67. The van der Waals surface area contributed by atoms with E-state index in [4.69, 9.17) is 4.74 Å². The van der Waals surface area contributed by atoms with Crippen LogP contribution in [0.5, 0.6) is 0 Å². The molecule has 138 valence electrons. The fourth-order valence-corrected chi connectivity index (χ4v) is 3.45. The fourth-order valence-electron chi connectivity index (χ4n) is 3.45. The summed E-state index contributed by atoms with van der Waals surface area (Å²) < 4.78 is 7.35. The molecule has 0 spiro atoms. The van der Waals surface area contributed by atoms with Crippen molar-refractivity contribution < 1.29 is 9.53 Å². The Morgan fingerprint density at radius 3 is 2.73 bits per heavy atom. The summed E-state index contributed by atoms with van der Waals surface area (Å²) in [5.41, 5.74) is 0.830. The molecule has 0 aliphatic carbocycles. The van der Waals surface area contributed by atoms with E-state index in [9.17, 15) is 4.79 Å². The smallest absolute Gasteiger partial charge is 0.259 e. The number of hydrogen-bond donors (Lipinski definition) is 1. The van der Waals surface area contributed by atoms with Gasteiger partial charge in [-0.25, -0.2) is 4.68 Å². The first-order chi connectivity index (χ1) is 12.7. The van der Waals surface area contributed by atoms with E-state index in [1.165, 1.54) is 0 Å². The van der Waals surface area contributed by atoms with Crippen LogP contribution in [0.1, 0.15) is 30.6 Å². The molecule has 0 radical (unpaired) electrons. The van der Waals surface area contributed by atoms with Crippen LogP contribution >= 0.6 is 0 Å². The van der Waals surface area contributed by atoms with Crippen LogP contribution in [-0.4, -0.2) is 47.3 Å². The Kier molecular flexibility index (Phi) is 6.20. The average molecular weight is 354 g/mol. The predicted octanol–water partition coefficient (Wildman–Crippen LogP) is 3.03. The number of carbonyl (C=O) groups excluding carboxylic acids is 1. The lowest BCUT2D eigenvalue weighted by Crippen LogP contribution is -2.35. The molecule has 1 saturated heterocycles. The van der Waals surface area contributed by atoms with Crippen molar-refractivity contribution in [3.63, 3.8) is 0 Å². The highest BCUT2D eigenvalue weighted by molar-refractivity contribution is 5.94. The van der Waals surface area contributed by atoms with E-state index in [0.29, 0.717) is 6.04 Å². The molecule has 3 rings (SSSR count). The van der Waals surface area contributed by atoms with Gasteiger partial charge in [0.05, 0.1) is 12.2 Å². The van der Waals surface area contributed by atoms with E-state index >= 15 is 0 Å². The van der Waals surface area contributed by atoms with Crippen LogP contribution in [0.2, 0.25) is 0 Å². The normalized spacial score (nSPS) is 17.0. The highest BCUT2D eigenvalue weighted by atomic mass is 16.5. The van der Waals surface area contributed by atoms with Gasteiger partial charge >= 0.3 is 0 Å². The number of aromatic nitrogens is 2. The number of ether oxygens (including phenoxy) is 1. The second-order valence-corrected chi connectivity index (χ2v) is 6.50. The van der Waals surface area contributed by atoms with E-state index in [0.717, 1.165) is 43.9 Å². The maximum Gasteiger partial charge on any atom is 0.259 e. The largest absolute Gasteiger partial charge is 0.367 e. The minimum absolute atomic E-state index is 0.190. The molecule has 26 heavy (non-hydrogen) atoms. The van der Waals surface area contributed by atoms with E-state index in [2.05, 4.69) is 21.9 Å². The van der Waals surface area contributed by atoms with Gasteiger partial charge in [0.2, 0.25) is 0 Å². The fraction of sp³-hybridized carbons (Fsp3) is 0.400. The van der Waals surface area contributed by atoms with Gasteiger partial charge in [0, 0.05) is 32.8 Å². The monoisotopic (exact) mass is 354 g/mol. The van der Waals surface area contributed by atoms with Crippen molar-refractivity contribution in [2.24, 2.45) is 0 Å². The van der Waals surface area contributed by atoms with Crippen LogP contribution in [-0.2, 0) is 9.53 Å². The van der Waals surface area contributed by atoms with Crippen molar-refractivity contribution >= 4 is 11.7 Å². The standard InChI is InChI=1S/C20H26N4O2/c1-3-13-23-14-10-17(11-15-23)24-18(9-12-21-24)22-20(25)19(26-2)16-7-5-4-6-8-16/h3-9,12,17,19H,1,10-11,13-15H2,2H3,(H,22,25)/t19-/m1/s1. The molecule has 1 fully saturated rings. The van der Waals surface area contributed by atoms with Crippen molar-refractivity contribution in [2.75, 3.05) is 32.1 Å². The molecule has 1 atom stereocenters. The summed E-state index contributed by atoms with van der Waals surface area (Å²) >= 11 is 0. The summed E-state index contributed by atoms with van der Waals surface area (Å²) in [5, 5.41) is 7.42. The van der Waals surface area contributed by atoms with Gasteiger partial charge < -0.3 is 10.1 Å². The van der Waals surface area contributed by atoms with Crippen molar-refractivity contribution in [3.8, 4) is 0 Å². The van der Waals surface area contributed by atoms with Gasteiger partial charge in [0.25, 0.3) is 5.91 Å². The Morgan fingerprint density at radius 1 is 1.35 bits per heavy atom. The summed E-state index contributed by atoms with van der Waals surface area (Å²) in [6.07, 6.45) is 5.04. The van der Waals surface area contributed by atoms with Gasteiger partial charge in [0.1, 0.15) is 5.82 Å². The van der Waals surface area contributed by atoms with Crippen LogP contribution < -0.4 is 5.32 Å². The van der Waals surface area contributed by atoms with Gasteiger partial charge in [-0.1, -0.05) is 36.4 Å². The first kappa shape index (κ1) is 18.4. The number of benzene rings is 1. The maximum atomic E-state index is 12.7. The van der Waals surface area contributed by atoms with Crippen molar-refractivity contribution in [1.29, 1.82) is 0 Å². The van der Waals surface area contributed by atoms with Gasteiger partial charge in [-0.05, 0) is 18.4 Å². The van der Waals surface area contributed by atoms with E-state index in [1.54, 1.807) is 13.3 Å². The molecule has 2 heterocycles. The number of piperidine rings is 1. The number of likely N-dealkylation sites (tertiary alicyclic amines) is 1. The number of rotatable bonds is 7. The maximum absolute atomic E-state index is 12.7. The number of hydrogen-bond acceptors (Lipinski definition) is 4. The van der Waals surface area contributed by atoms with Crippen molar-refractivity contribution in [3.05, 3.63) is 60.8 Å². The number of nitrogens with one attached hydrogen (secondary N) is 1.